The molecule has 0 bridgehead atoms. The molecule has 1 aliphatic carbocycles. The van der Waals surface area contributed by atoms with Gasteiger partial charge in [-0.3, -0.25) is 0 Å². The fourth-order valence-electron chi connectivity index (χ4n) is 4.20. The Balaban J connectivity index is 1.63. The van der Waals surface area contributed by atoms with Crippen molar-refractivity contribution in [2.75, 3.05) is 13.7 Å². The fraction of sp³-hybridized carbons (Fsp3) is 0.464. The van der Waals surface area contributed by atoms with Gasteiger partial charge in [0.05, 0.1) is 18.4 Å². The molecule has 33 heavy (non-hydrogen) atoms. The van der Waals surface area contributed by atoms with Crippen molar-refractivity contribution in [1.29, 1.82) is 0 Å². The SMILES string of the molecule is C/C=C/COc1cc(C)c(OC2CCCCC2OCc2ccc(/C(C)=N/OC)cc2)c(C)c1. The molecule has 0 radical (unpaired) electrons. The minimum atomic E-state index is 0.0568. The smallest absolute Gasteiger partial charge is 0.125 e. The van der Waals surface area contributed by atoms with Gasteiger partial charge >= 0.3 is 0 Å². The molecule has 178 valence electrons. The molecule has 0 saturated heterocycles. The number of hydrogen-bond donors (Lipinski definition) is 0. The van der Waals surface area contributed by atoms with Gasteiger partial charge in [0.1, 0.15) is 31.3 Å². The third-order valence-electron chi connectivity index (χ3n) is 5.99. The van der Waals surface area contributed by atoms with E-state index in [1.807, 2.05) is 26.0 Å². The molecule has 0 heterocycles. The summed E-state index contributed by atoms with van der Waals surface area (Å²) in [6, 6.07) is 12.4. The third kappa shape index (κ3) is 7.10. The number of nitrogens with zero attached hydrogens (tertiary/aromatic N) is 1. The predicted octanol–water partition coefficient (Wildman–Crippen LogP) is 6.54. The second-order valence-electron chi connectivity index (χ2n) is 8.61. The summed E-state index contributed by atoms with van der Waals surface area (Å²) in [6.07, 6.45) is 8.50. The molecule has 1 fully saturated rings. The Morgan fingerprint density at radius 2 is 1.70 bits per heavy atom. The van der Waals surface area contributed by atoms with Gasteiger partial charge in [-0.15, -0.1) is 0 Å². The minimum absolute atomic E-state index is 0.0568. The summed E-state index contributed by atoms with van der Waals surface area (Å²) >= 11 is 0. The second kappa shape index (κ2) is 12.4. The van der Waals surface area contributed by atoms with Gasteiger partial charge in [-0.25, -0.2) is 0 Å². The lowest BCUT2D eigenvalue weighted by atomic mass is 9.94. The first-order valence-electron chi connectivity index (χ1n) is 11.8. The summed E-state index contributed by atoms with van der Waals surface area (Å²) in [4.78, 5) is 4.86. The van der Waals surface area contributed by atoms with Crippen LogP contribution in [0.3, 0.4) is 0 Å². The van der Waals surface area contributed by atoms with Crippen LogP contribution in [0.15, 0.2) is 53.7 Å². The van der Waals surface area contributed by atoms with E-state index in [-0.39, 0.29) is 12.2 Å². The molecule has 1 saturated carbocycles. The van der Waals surface area contributed by atoms with Crippen LogP contribution in [0.2, 0.25) is 0 Å². The first kappa shape index (κ1) is 24.8. The highest BCUT2D eigenvalue weighted by atomic mass is 16.6. The molecule has 2 aromatic carbocycles. The Morgan fingerprint density at radius 1 is 1.03 bits per heavy atom. The summed E-state index contributed by atoms with van der Waals surface area (Å²) < 4.78 is 18.7. The molecule has 3 rings (SSSR count). The van der Waals surface area contributed by atoms with Crippen LogP contribution < -0.4 is 9.47 Å². The van der Waals surface area contributed by atoms with Crippen LogP contribution in [-0.2, 0) is 16.2 Å². The topological polar surface area (TPSA) is 49.3 Å². The van der Waals surface area contributed by atoms with Crippen molar-refractivity contribution in [2.24, 2.45) is 5.16 Å². The van der Waals surface area contributed by atoms with E-state index in [0.29, 0.717) is 13.2 Å². The zero-order valence-corrected chi connectivity index (χ0v) is 20.6. The number of hydrogen-bond acceptors (Lipinski definition) is 5. The van der Waals surface area contributed by atoms with Crippen LogP contribution in [0, 0.1) is 13.8 Å². The number of aryl methyl sites for hydroxylation is 2. The first-order chi connectivity index (χ1) is 16.0. The lowest BCUT2D eigenvalue weighted by Gasteiger charge is -2.33. The highest BCUT2D eigenvalue weighted by molar-refractivity contribution is 5.98. The molecule has 1 aliphatic rings. The molecule has 2 unspecified atom stereocenters. The van der Waals surface area contributed by atoms with Gasteiger partial charge in [-0.1, -0.05) is 48.0 Å². The Hall–Kier alpha value is -2.79. The number of oxime groups is 1. The van der Waals surface area contributed by atoms with Crippen LogP contribution in [0.1, 0.15) is 61.8 Å². The van der Waals surface area contributed by atoms with Crippen molar-refractivity contribution in [2.45, 2.75) is 72.2 Å². The number of rotatable bonds is 10. The van der Waals surface area contributed by atoms with Crippen LogP contribution in [-0.4, -0.2) is 31.6 Å². The molecular formula is C28H37NO4. The molecule has 0 aromatic heterocycles. The molecule has 5 nitrogen and oxygen atoms in total. The van der Waals surface area contributed by atoms with Crippen LogP contribution >= 0.6 is 0 Å². The summed E-state index contributed by atoms with van der Waals surface area (Å²) in [5, 5.41) is 3.99. The van der Waals surface area contributed by atoms with E-state index in [0.717, 1.165) is 52.3 Å². The minimum Gasteiger partial charge on any atom is -0.490 e. The van der Waals surface area contributed by atoms with E-state index in [2.05, 4.69) is 55.4 Å². The van der Waals surface area contributed by atoms with Gasteiger partial charge in [-0.2, -0.15) is 0 Å². The average Bonchev–Trinajstić information content (AvgIpc) is 2.81. The normalized spacial score (nSPS) is 19.0. The summed E-state index contributed by atoms with van der Waals surface area (Å²) in [6.45, 7) is 9.24. The Labute approximate surface area is 198 Å². The van der Waals surface area contributed by atoms with Gasteiger partial charge in [0.15, 0.2) is 0 Å². The second-order valence-corrected chi connectivity index (χ2v) is 8.61. The molecule has 0 spiro atoms. The molecule has 0 N–H and O–H groups in total. The van der Waals surface area contributed by atoms with Crippen LogP contribution in [0.25, 0.3) is 0 Å². The highest BCUT2D eigenvalue weighted by Gasteiger charge is 2.28. The van der Waals surface area contributed by atoms with E-state index in [1.54, 1.807) is 7.11 Å². The maximum absolute atomic E-state index is 6.55. The van der Waals surface area contributed by atoms with Crippen molar-refractivity contribution in [3.05, 3.63) is 70.8 Å². The van der Waals surface area contributed by atoms with Crippen molar-refractivity contribution >= 4 is 5.71 Å². The van der Waals surface area contributed by atoms with E-state index in [9.17, 15) is 0 Å². The molecule has 2 atom stereocenters. The van der Waals surface area contributed by atoms with Gasteiger partial charge < -0.3 is 19.0 Å². The van der Waals surface area contributed by atoms with Crippen molar-refractivity contribution in [1.82, 2.24) is 0 Å². The van der Waals surface area contributed by atoms with Gasteiger partial charge in [0.25, 0.3) is 0 Å². The lowest BCUT2D eigenvalue weighted by molar-refractivity contribution is -0.0558. The zero-order chi connectivity index (χ0) is 23.6. The molecule has 5 heteroatoms. The number of benzene rings is 2. The van der Waals surface area contributed by atoms with Crippen molar-refractivity contribution < 1.29 is 19.0 Å². The van der Waals surface area contributed by atoms with E-state index in [4.69, 9.17) is 19.0 Å². The Morgan fingerprint density at radius 3 is 2.33 bits per heavy atom. The molecular weight excluding hydrogens is 414 g/mol. The Bertz CT molecular complexity index is 926. The molecule has 0 amide bonds. The monoisotopic (exact) mass is 451 g/mol. The van der Waals surface area contributed by atoms with Gasteiger partial charge in [0, 0.05) is 0 Å². The van der Waals surface area contributed by atoms with Crippen molar-refractivity contribution in [3.8, 4) is 11.5 Å². The van der Waals surface area contributed by atoms with E-state index in [1.165, 1.54) is 12.8 Å². The lowest BCUT2D eigenvalue weighted by Crippen LogP contribution is -2.37. The summed E-state index contributed by atoms with van der Waals surface area (Å²) in [5.74, 6) is 1.83. The summed E-state index contributed by atoms with van der Waals surface area (Å²) in [5.41, 5.74) is 5.23. The van der Waals surface area contributed by atoms with E-state index < -0.39 is 0 Å². The van der Waals surface area contributed by atoms with Crippen LogP contribution in [0.5, 0.6) is 11.5 Å². The quantitative estimate of drug-likeness (QED) is 0.234. The largest absolute Gasteiger partial charge is 0.490 e. The maximum atomic E-state index is 6.55. The van der Waals surface area contributed by atoms with Gasteiger partial charge in [-0.05, 0) is 81.3 Å². The average molecular weight is 452 g/mol. The number of allylic oxidation sites excluding steroid dienone is 1. The third-order valence-corrected chi connectivity index (χ3v) is 5.99. The van der Waals surface area contributed by atoms with Gasteiger partial charge in [0.2, 0.25) is 0 Å². The Kier molecular flexibility index (Phi) is 9.37. The maximum Gasteiger partial charge on any atom is 0.125 e. The van der Waals surface area contributed by atoms with Crippen molar-refractivity contribution in [3.63, 3.8) is 0 Å². The predicted molar refractivity (Wildman–Crippen MR) is 133 cm³/mol. The highest BCUT2D eigenvalue weighted by Crippen LogP contribution is 2.33. The van der Waals surface area contributed by atoms with Crippen LogP contribution in [0.4, 0.5) is 0 Å². The standard InChI is InChI=1S/C28H37NO4/c1-6-7-16-31-25-17-20(2)28(21(3)18-25)33-27-11-9-8-10-26(27)32-19-23-12-14-24(15-13-23)22(4)29-30-5/h6-7,12-15,17-18,26-27H,8-11,16,19H2,1-5H3/b7-6+,29-22+. The fourth-order valence-corrected chi connectivity index (χ4v) is 4.20. The van der Waals surface area contributed by atoms with E-state index >= 15 is 0 Å². The number of ether oxygens (including phenoxy) is 3. The zero-order valence-electron chi connectivity index (χ0n) is 20.6. The molecule has 0 aliphatic heterocycles. The first-order valence-corrected chi connectivity index (χ1v) is 11.8. The summed E-state index contributed by atoms with van der Waals surface area (Å²) in [7, 11) is 1.56. The molecule has 2 aromatic rings.